The van der Waals surface area contributed by atoms with E-state index in [2.05, 4.69) is 139 Å². The fraction of sp³-hybridized carbons (Fsp3) is 0. The van der Waals surface area contributed by atoms with Crippen molar-refractivity contribution in [1.82, 2.24) is 0 Å². The van der Waals surface area contributed by atoms with Crippen LogP contribution in [0.5, 0.6) is 0 Å². The largest absolute Gasteiger partial charge is 0.456 e. The van der Waals surface area contributed by atoms with Crippen molar-refractivity contribution in [3.05, 3.63) is 146 Å². The van der Waals surface area contributed by atoms with Crippen LogP contribution >= 0.6 is 0 Å². The highest BCUT2D eigenvalue weighted by Crippen LogP contribution is 2.38. The Kier molecular flexibility index (Phi) is 5.49. The molecule has 1 aromatic heterocycles. The van der Waals surface area contributed by atoms with E-state index in [0.29, 0.717) is 0 Å². The fourth-order valence-corrected chi connectivity index (χ4v) is 5.27. The molecule has 7 aromatic rings. The zero-order chi connectivity index (χ0) is 25.3. The van der Waals surface area contributed by atoms with Gasteiger partial charge in [0.05, 0.1) is 0 Å². The Hall–Kier alpha value is -5.08. The van der Waals surface area contributed by atoms with Crippen LogP contribution in [0.15, 0.2) is 150 Å². The van der Waals surface area contributed by atoms with E-state index in [1.54, 1.807) is 0 Å². The first-order chi connectivity index (χ1) is 18.8. The van der Waals surface area contributed by atoms with Crippen LogP contribution in [0.25, 0.3) is 55.3 Å². The van der Waals surface area contributed by atoms with Crippen molar-refractivity contribution in [1.29, 1.82) is 0 Å². The lowest BCUT2D eigenvalue weighted by Crippen LogP contribution is -1.90. The van der Waals surface area contributed by atoms with Gasteiger partial charge in [-0.2, -0.15) is 0 Å². The summed E-state index contributed by atoms with van der Waals surface area (Å²) in [6.07, 6.45) is 0. The summed E-state index contributed by atoms with van der Waals surface area (Å²) in [6.45, 7) is 0. The first kappa shape index (κ1) is 22.1. The third kappa shape index (κ3) is 4.03. The second-order valence-electron chi connectivity index (χ2n) is 9.47. The molecule has 0 bridgehead atoms. The molecule has 38 heavy (non-hydrogen) atoms. The minimum absolute atomic E-state index is 0.891. The smallest absolute Gasteiger partial charge is 0.136 e. The van der Waals surface area contributed by atoms with Crippen LogP contribution in [0.2, 0.25) is 0 Å². The van der Waals surface area contributed by atoms with Gasteiger partial charge >= 0.3 is 0 Å². The zero-order valence-corrected chi connectivity index (χ0v) is 20.8. The number of rotatable bonds is 5. The molecule has 0 fully saturated rings. The van der Waals surface area contributed by atoms with E-state index < -0.39 is 0 Å². The number of hydrogen-bond acceptors (Lipinski definition) is 2. The lowest BCUT2D eigenvalue weighted by Gasteiger charge is -2.12. The number of nitrogens with one attached hydrogen (secondary N) is 1. The van der Waals surface area contributed by atoms with Crippen molar-refractivity contribution in [2.75, 3.05) is 5.32 Å². The van der Waals surface area contributed by atoms with E-state index in [1.165, 1.54) is 33.4 Å². The summed E-state index contributed by atoms with van der Waals surface area (Å²) in [5, 5.41) is 5.85. The quantitative estimate of drug-likeness (QED) is 0.261. The molecule has 1 heterocycles. The van der Waals surface area contributed by atoms with Gasteiger partial charge in [0, 0.05) is 22.1 Å². The van der Waals surface area contributed by atoms with Crippen LogP contribution in [0.3, 0.4) is 0 Å². The van der Waals surface area contributed by atoms with Crippen molar-refractivity contribution < 1.29 is 4.42 Å². The van der Waals surface area contributed by atoms with E-state index in [4.69, 9.17) is 4.42 Å². The van der Waals surface area contributed by atoms with Gasteiger partial charge in [0.15, 0.2) is 0 Å². The Morgan fingerprint density at radius 3 is 1.63 bits per heavy atom. The summed E-state index contributed by atoms with van der Waals surface area (Å²) in [5.74, 6) is 0. The number of hydrogen-bond donors (Lipinski definition) is 1. The van der Waals surface area contributed by atoms with Gasteiger partial charge in [-0.15, -0.1) is 0 Å². The standard InChI is InChI=1S/C36H25NO/c1-3-10-25(11-4-1)30-14-7-8-15-31(30)27-18-20-28(21-19-27)37-29-22-23-34-33(24-29)36-32(16-9-17-35(36)38-34)26-12-5-2-6-13-26/h1-24,37H. The molecule has 0 spiro atoms. The number of anilines is 2. The molecular weight excluding hydrogens is 462 g/mol. The molecule has 0 unspecified atom stereocenters. The van der Waals surface area contributed by atoms with Crippen LogP contribution in [-0.4, -0.2) is 0 Å². The SMILES string of the molecule is c1ccc(-c2ccccc2-c2ccc(Nc3ccc4oc5cccc(-c6ccccc6)c5c4c3)cc2)cc1. The lowest BCUT2D eigenvalue weighted by molar-refractivity contribution is 0.669. The molecule has 0 aliphatic rings. The molecule has 180 valence electrons. The van der Waals surface area contributed by atoms with Crippen molar-refractivity contribution >= 4 is 33.3 Å². The third-order valence-electron chi connectivity index (χ3n) is 7.08. The molecule has 7 rings (SSSR count). The highest BCUT2D eigenvalue weighted by atomic mass is 16.3. The summed E-state index contributed by atoms with van der Waals surface area (Å²) in [7, 11) is 0. The first-order valence-corrected chi connectivity index (χ1v) is 12.9. The molecule has 0 atom stereocenters. The van der Waals surface area contributed by atoms with Gasteiger partial charge in [0.25, 0.3) is 0 Å². The highest BCUT2D eigenvalue weighted by Gasteiger charge is 2.13. The molecule has 0 aliphatic heterocycles. The van der Waals surface area contributed by atoms with Gasteiger partial charge in [-0.1, -0.05) is 109 Å². The first-order valence-electron chi connectivity index (χ1n) is 12.9. The molecule has 2 heteroatoms. The number of furan rings is 1. The second-order valence-corrected chi connectivity index (χ2v) is 9.47. The summed E-state index contributed by atoms with van der Waals surface area (Å²) in [4.78, 5) is 0. The molecule has 0 amide bonds. The van der Waals surface area contributed by atoms with Gasteiger partial charge < -0.3 is 9.73 Å². The zero-order valence-electron chi connectivity index (χ0n) is 20.8. The van der Waals surface area contributed by atoms with Crippen molar-refractivity contribution in [3.63, 3.8) is 0 Å². The highest BCUT2D eigenvalue weighted by molar-refractivity contribution is 6.13. The summed E-state index contributed by atoms with van der Waals surface area (Å²) < 4.78 is 6.20. The maximum absolute atomic E-state index is 6.20. The summed E-state index contributed by atoms with van der Waals surface area (Å²) in [6, 6.07) is 50.8. The predicted octanol–water partition coefficient (Wildman–Crippen LogP) is 10.3. The van der Waals surface area contributed by atoms with Gasteiger partial charge in [-0.25, -0.2) is 0 Å². The number of benzene rings is 6. The van der Waals surface area contributed by atoms with Crippen molar-refractivity contribution in [3.8, 4) is 33.4 Å². The number of fused-ring (bicyclic) bond motifs is 3. The average molecular weight is 488 g/mol. The van der Waals surface area contributed by atoms with Crippen LogP contribution in [0.4, 0.5) is 11.4 Å². The molecule has 6 aromatic carbocycles. The fourth-order valence-electron chi connectivity index (χ4n) is 5.27. The molecule has 0 saturated heterocycles. The third-order valence-corrected chi connectivity index (χ3v) is 7.08. The summed E-state index contributed by atoms with van der Waals surface area (Å²) in [5.41, 5.74) is 11.1. The topological polar surface area (TPSA) is 25.2 Å². The van der Waals surface area contributed by atoms with E-state index >= 15 is 0 Å². The van der Waals surface area contributed by atoms with E-state index in [0.717, 1.165) is 33.3 Å². The van der Waals surface area contributed by atoms with E-state index in [1.807, 2.05) is 12.1 Å². The minimum Gasteiger partial charge on any atom is -0.456 e. The van der Waals surface area contributed by atoms with E-state index in [9.17, 15) is 0 Å². The Bertz CT molecular complexity index is 1870. The van der Waals surface area contributed by atoms with Crippen molar-refractivity contribution in [2.24, 2.45) is 0 Å². The van der Waals surface area contributed by atoms with Crippen molar-refractivity contribution in [2.45, 2.75) is 0 Å². The van der Waals surface area contributed by atoms with Gasteiger partial charge in [-0.3, -0.25) is 0 Å². The van der Waals surface area contributed by atoms with Crippen LogP contribution in [0, 0.1) is 0 Å². The maximum Gasteiger partial charge on any atom is 0.136 e. The minimum atomic E-state index is 0.891. The van der Waals surface area contributed by atoms with Gasteiger partial charge in [-0.05, 0) is 69.8 Å². The van der Waals surface area contributed by atoms with Crippen LogP contribution in [0.1, 0.15) is 0 Å². The summed E-state index contributed by atoms with van der Waals surface area (Å²) >= 11 is 0. The van der Waals surface area contributed by atoms with Crippen LogP contribution in [-0.2, 0) is 0 Å². The molecule has 2 nitrogen and oxygen atoms in total. The molecular formula is C36H25NO. The average Bonchev–Trinajstić information content (AvgIpc) is 3.37. The maximum atomic E-state index is 6.20. The molecule has 0 saturated carbocycles. The molecule has 0 aliphatic carbocycles. The van der Waals surface area contributed by atoms with Crippen LogP contribution < -0.4 is 5.32 Å². The Morgan fingerprint density at radius 2 is 0.947 bits per heavy atom. The van der Waals surface area contributed by atoms with Gasteiger partial charge in [0.2, 0.25) is 0 Å². The second kappa shape index (κ2) is 9.42. The monoisotopic (exact) mass is 487 g/mol. The normalized spacial score (nSPS) is 11.2. The Morgan fingerprint density at radius 1 is 0.395 bits per heavy atom. The Labute approximate surface area is 221 Å². The predicted molar refractivity (Wildman–Crippen MR) is 160 cm³/mol. The van der Waals surface area contributed by atoms with Gasteiger partial charge in [0.1, 0.15) is 11.2 Å². The Balaban J connectivity index is 1.23. The lowest BCUT2D eigenvalue weighted by atomic mass is 9.94. The molecule has 1 N–H and O–H groups in total. The van der Waals surface area contributed by atoms with E-state index in [-0.39, 0.29) is 0 Å². The molecule has 0 radical (unpaired) electrons.